The smallest absolute Gasteiger partial charge is 0.330 e. The topological polar surface area (TPSA) is 37.3 Å². The highest BCUT2D eigenvalue weighted by molar-refractivity contribution is 6.30. The van der Waals surface area contributed by atoms with Gasteiger partial charge in [-0.3, -0.25) is 0 Å². The molecule has 0 saturated carbocycles. The lowest BCUT2D eigenvalue weighted by Gasteiger charge is -2.16. The van der Waals surface area contributed by atoms with Crippen molar-refractivity contribution in [3.63, 3.8) is 0 Å². The van der Waals surface area contributed by atoms with Gasteiger partial charge in [0, 0.05) is 16.5 Å². The van der Waals surface area contributed by atoms with E-state index in [0.717, 1.165) is 16.7 Å². The predicted octanol–water partition coefficient (Wildman–Crippen LogP) is 4.81. The predicted molar refractivity (Wildman–Crippen MR) is 85.9 cm³/mol. The molecule has 0 bridgehead atoms. The van der Waals surface area contributed by atoms with Crippen LogP contribution in [-0.4, -0.2) is 11.1 Å². The van der Waals surface area contributed by atoms with Crippen molar-refractivity contribution in [1.82, 2.24) is 0 Å². The second-order valence-corrected chi connectivity index (χ2v) is 5.54. The Kier molecular flexibility index (Phi) is 4.81. The first-order valence-corrected chi connectivity index (χ1v) is 7.09. The van der Waals surface area contributed by atoms with Crippen LogP contribution in [0.5, 0.6) is 0 Å². The van der Waals surface area contributed by atoms with Gasteiger partial charge in [0.05, 0.1) is 0 Å². The second-order valence-electron chi connectivity index (χ2n) is 5.10. The summed E-state index contributed by atoms with van der Waals surface area (Å²) in [5, 5.41) is 9.78. The molecule has 0 aromatic heterocycles. The SMILES string of the molecule is CC(=CC(c1cccc(C)c1)c1cccc(Cl)c1)C(=O)O. The van der Waals surface area contributed by atoms with Crippen molar-refractivity contribution in [3.05, 3.63) is 81.9 Å². The Morgan fingerprint density at radius 1 is 1.14 bits per heavy atom. The molecule has 3 heteroatoms. The molecule has 0 fully saturated rings. The molecule has 108 valence electrons. The van der Waals surface area contributed by atoms with E-state index in [-0.39, 0.29) is 5.92 Å². The number of hydrogen-bond acceptors (Lipinski definition) is 1. The summed E-state index contributed by atoms with van der Waals surface area (Å²) in [4.78, 5) is 11.1. The Hall–Kier alpha value is -2.06. The summed E-state index contributed by atoms with van der Waals surface area (Å²) in [7, 11) is 0. The minimum Gasteiger partial charge on any atom is -0.478 e. The molecule has 1 N–H and O–H groups in total. The minimum absolute atomic E-state index is 0.125. The van der Waals surface area contributed by atoms with Gasteiger partial charge in [0.15, 0.2) is 0 Å². The molecular formula is C18H17ClO2. The molecule has 0 radical (unpaired) electrons. The normalized spacial score (nSPS) is 13.0. The maximum atomic E-state index is 11.1. The number of carbonyl (C=O) groups is 1. The molecule has 1 atom stereocenters. The Labute approximate surface area is 129 Å². The maximum absolute atomic E-state index is 11.1. The van der Waals surface area contributed by atoms with Gasteiger partial charge >= 0.3 is 5.97 Å². The molecule has 21 heavy (non-hydrogen) atoms. The third-order valence-corrected chi connectivity index (χ3v) is 3.60. The zero-order valence-electron chi connectivity index (χ0n) is 12.0. The number of carboxylic acids is 1. The highest BCUT2D eigenvalue weighted by atomic mass is 35.5. The van der Waals surface area contributed by atoms with E-state index < -0.39 is 5.97 Å². The van der Waals surface area contributed by atoms with Gasteiger partial charge in [0.25, 0.3) is 0 Å². The molecule has 0 saturated heterocycles. The number of rotatable bonds is 4. The van der Waals surface area contributed by atoms with E-state index in [9.17, 15) is 4.79 Å². The van der Waals surface area contributed by atoms with Gasteiger partial charge in [0.2, 0.25) is 0 Å². The highest BCUT2D eigenvalue weighted by Crippen LogP contribution is 2.29. The molecule has 0 aliphatic heterocycles. The summed E-state index contributed by atoms with van der Waals surface area (Å²) in [6, 6.07) is 15.6. The zero-order chi connectivity index (χ0) is 15.4. The van der Waals surface area contributed by atoms with Crippen LogP contribution in [-0.2, 0) is 4.79 Å². The highest BCUT2D eigenvalue weighted by Gasteiger charge is 2.14. The van der Waals surface area contributed by atoms with Crippen molar-refractivity contribution in [2.45, 2.75) is 19.8 Å². The number of aliphatic carboxylic acids is 1. The Balaban J connectivity index is 2.54. The monoisotopic (exact) mass is 300 g/mol. The average Bonchev–Trinajstić information content (AvgIpc) is 2.44. The fraction of sp³-hybridized carbons (Fsp3) is 0.167. The van der Waals surface area contributed by atoms with Crippen LogP contribution in [0.4, 0.5) is 0 Å². The number of aryl methyl sites for hydroxylation is 1. The average molecular weight is 301 g/mol. The van der Waals surface area contributed by atoms with E-state index in [2.05, 4.69) is 6.07 Å². The zero-order valence-corrected chi connectivity index (χ0v) is 12.8. The van der Waals surface area contributed by atoms with Gasteiger partial charge in [-0.15, -0.1) is 0 Å². The molecule has 2 aromatic rings. The standard InChI is InChI=1S/C18H17ClO2/c1-12-5-3-6-14(9-12)17(10-13(2)18(20)21)15-7-4-8-16(19)11-15/h3-11,17H,1-2H3,(H,20,21). The summed E-state index contributed by atoms with van der Waals surface area (Å²) in [6.45, 7) is 3.63. The largest absolute Gasteiger partial charge is 0.478 e. The molecule has 2 nitrogen and oxygen atoms in total. The van der Waals surface area contributed by atoms with Crippen LogP contribution >= 0.6 is 11.6 Å². The van der Waals surface area contributed by atoms with Crippen molar-refractivity contribution in [2.75, 3.05) is 0 Å². The van der Waals surface area contributed by atoms with Crippen molar-refractivity contribution >= 4 is 17.6 Å². The molecule has 0 aliphatic rings. The summed E-state index contributed by atoms with van der Waals surface area (Å²) in [6.07, 6.45) is 1.77. The van der Waals surface area contributed by atoms with Crippen molar-refractivity contribution in [2.24, 2.45) is 0 Å². The summed E-state index contributed by atoms with van der Waals surface area (Å²) < 4.78 is 0. The fourth-order valence-electron chi connectivity index (χ4n) is 2.27. The Morgan fingerprint density at radius 2 is 1.76 bits per heavy atom. The molecular weight excluding hydrogens is 284 g/mol. The van der Waals surface area contributed by atoms with Gasteiger partial charge < -0.3 is 5.11 Å². The molecule has 2 rings (SSSR count). The Morgan fingerprint density at radius 3 is 2.33 bits per heavy atom. The van der Waals surface area contributed by atoms with E-state index in [1.807, 2.05) is 49.4 Å². The molecule has 0 aliphatic carbocycles. The lowest BCUT2D eigenvalue weighted by molar-refractivity contribution is -0.132. The number of benzene rings is 2. The third-order valence-electron chi connectivity index (χ3n) is 3.36. The van der Waals surface area contributed by atoms with Gasteiger partial charge in [-0.1, -0.05) is 59.6 Å². The van der Waals surface area contributed by atoms with Gasteiger partial charge in [0.1, 0.15) is 0 Å². The van der Waals surface area contributed by atoms with Crippen LogP contribution in [0.15, 0.2) is 60.2 Å². The molecule has 0 heterocycles. The van der Waals surface area contributed by atoms with Crippen LogP contribution in [0, 0.1) is 6.92 Å². The van der Waals surface area contributed by atoms with Crippen LogP contribution in [0.2, 0.25) is 5.02 Å². The van der Waals surface area contributed by atoms with Gasteiger partial charge in [-0.25, -0.2) is 4.79 Å². The van der Waals surface area contributed by atoms with E-state index in [1.54, 1.807) is 13.0 Å². The van der Waals surface area contributed by atoms with Crippen LogP contribution in [0.25, 0.3) is 0 Å². The van der Waals surface area contributed by atoms with Crippen LogP contribution in [0.1, 0.15) is 29.5 Å². The third kappa shape index (κ3) is 3.96. The van der Waals surface area contributed by atoms with Crippen molar-refractivity contribution in [1.29, 1.82) is 0 Å². The maximum Gasteiger partial charge on any atom is 0.330 e. The van der Waals surface area contributed by atoms with E-state index >= 15 is 0 Å². The first-order chi connectivity index (χ1) is 9.97. The van der Waals surface area contributed by atoms with Gasteiger partial charge in [-0.05, 0) is 37.1 Å². The number of hydrogen-bond donors (Lipinski definition) is 1. The molecule has 1 unspecified atom stereocenters. The lowest BCUT2D eigenvalue weighted by atomic mass is 9.89. The van der Waals surface area contributed by atoms with E-state index in [1.165, 1.54) is 0 Å². The quantitative estimate of drug-likeness (QED) is 0.823. The van der Waals surface area contributed by atoms with Crippen molar-refractivity contribution in [3.8, 4) is 0 Å². The first kappa shape index (κ1) is 15.3. The lowest BCUT2D eigenvalue weighted by Crippen LogP contribution is -2.03. The van der Waals surface area contributed by atoms with Crippen LogP contribution < -0.4 is 0 Å². The molecule has 0 spiro atoms. The second kappa shape index (κ2) is 6.59. The Bertz CT molecular complexity index is 644. The number of carboxylic acid groups (broad SMARTS) is 1. The summed E-state index contributed by atoms with van der Waals surface area (Å²) >= 11 is 6.07. The summed E-state index contributed by atoms with van der Waals surface area (Å²) in [5.74, 6) is -1.03. The van der Waals surface area contributed by atoms with Crippen LogP contribution in [0.3, 0.4) is 0 Å². The number of halogens is 1. The fourth-order valence-corrected chi connectivity index (χ4v) is 2.47. The molecule has 0 amide bonds. The molecule has 2 aromatic carbocycles. The van der Waals surface area contributed by atoms with E-state index in [4.69, 9.17) is 16.7 Å². The van der Waals surface area contributed by atoms with Crippen molar-refractivity contribution < 1.29 is 9.90 Å². The minimum atomic E-state index is -0.908. The summed E-state index contributed by atoms with van der Waals surface area (Å²) in [5.41, 5.74) is 3.49. The number of allylic oxidation sites excluding steroid dienone is 1. The van der Waals surface area contributed by atoms with E-state index in [0.29, 0.717) is 10.6 Å². The van der Waals surface area contributed by atoms with Gasteiger partial charge in [-0.2, -0.15) is 0 Å². The first-order valence-electron chi connectivity index (χ1n) is 6.71.